The molecular weight excluding hydrogens is 1600 g/mol. The fourth-order valence-corrected chi connectivity index (χ4v) is 17.1. The largest absolute Gasteiger partial charge is 0.573 e. The minimum atomic E-state index is -4.74. The van der Waals surface area contributed by atoms with E-state index in [0.717, 1.165) is 75.3 Å². The number of alkyl halides is 9. The maximum absolute atomic E-state index is 12.5. The summed E-state index contributed by atoms with van der Waals surface area (Å²) in [5, 5.41) is 65.6. The molecule has 9 aromatic heterocycles. The predicted molar refractivity (Wildman–Crippen MR) is 412 cm³/mol. The number of aliphatic hydroxyl groups is 6. The highest BCUT2D eigenvalue weighted by Crippen LogP contribution is 2.43. The van der Waals surface area contributed by atoms with Gasteiger partial charge in [0.15, 0.2) is 30.1 Å². The van der Waals surface area contributed by atoms with Crippen molar-refractivity contribution in [3.63, 3.8) is 0 Å². The first-order chi connectivity index (χ1) is 57.2. The van der Waals surface area contributed by atoms with Gasteiger partial charge in [-0.3, -0.25) is 4.57 Å². The first-order valence-electron chi connectivity index (χ1n) is 39.1. The van der Waals surface area contributed by atoms with E-state index in [-0.39, 0.29) is 23.1 Å². The molecule has 34 nitrogen and oxygen atoms in total. The van der Waals surface area contributed by atoms with Crippen LogP contribution in [-0.2, 0) is 33.5 Å². The van der Waals surface area contributed by atoms with Crippen molar-refractivity contribution in [1.82, 2.24) is 93.2 Å². The van der Waals surface area contributed by atoms with Gasteiger partial charge < -0.3 is 115 Å². The topological polar surface area (TPSA) is 456 Å². The third-order valence-electron chi connectivity index (χ3n) is 23.8. The zero-order valence-electron chi connectivity index (χ0n) is 64.7. The Balaban J connectivity index is 0.000000134. The summed E-state index contributed by atoms with van der Waals surface area (Å²) in [6.45, 7) is 1.34. The molecule has 0 unspecified atom stereocenters. The Morgan fingerprint density at radius 1 is 0.417 bits per heavy atom. The van der Waals surface area contributed by atoms with E-state index >= 15 is 0 Å². The number of fused-ring (bicyclic) bond motifs is 6. The van der Waals surface area contributed by atoms with E-state index in [1.165, 1.54) is 79.9 Å². The molecule has 120 heavy (non-hydrogen) atoms. The number of nitrogens with one attached hydrogen (secondary N) is 3. The van der Waals surface area contributed by atoms with E-state index in [9.17, 15) is 70.2 Å². The van der Waals surface area contributed by atoms with Crippen molar-refractivity contribution in [2.75, 3.05) is 58.0 Å². The van der Waals surface area contributed by atoms with Crippen LogP contribution in [0, 0.1) is 17.8 Å². The predicted octanol–water partition coefficient (Wildman–Crippen LogP) is 7.65. The summed E-state index contributed by atoms with van der Waals surface area (Å²) in [7, 11) is 5.93. The summed E-state index contributed by atoms with van der Waals surface area (Å²) < 4.78 is 147. The molecular formula is C77H89F9N22O12. The van der Waals surface area contributed by atoms with Crippen LogP contribution in [0.3, 0.4) is 0 Å². The van der Waals surface area contributed by atoms with Crippen molar-refractivity contribution in [2.24, 2.45) is 17.8 Å². The molecule has 3 saturated heterocycles. The highest BCUT2D eigenvalue weighted by molar-refractivity contribution is 5.87. The van der Waals surface area contributed by atoms with Crippen molar-refractivity contribution >= 4 is 83.8 Å². The quantitative estimate of drug-likeness (QED) is 0.0258. The van der Waals surface area contributed by atoms with Gasteiger partial charge in [-0.2, -0.15) is 0 Å². The third kappa shape index (κ3) is 18.1. The molecule has 0 bridgehead atoms. The Morgan fingerprint density at radius 3 is 1.07 bits per heavy atom. The number of ether oxygens (including phenoxy) is 6. The summed E-state index contributed by atoms with van der Waals surface area (Å²) in [5.41, 5.74) is 22.8. The molecule has 18 rings (SSSR count). The van der Waals surface area contributed by atoms with E-state index in [4.69, 9.17) is 31.4 Å². The molecule has 6 fully saturated rings. The number of benzene rings is 3. The van der Waals surface area contributed by atoms with Crippen LogP contribution in [-0.4, -0.2) is 257 Å². The molecule has 6 aliphatic rings. The van der Waals surface area contributed by atoms with Crippen LogP contribution >= 0.6 is 0 Å². The number of aryl methyl sites for hydroxylation is 3. The smallest absolute Gasteiger partial charge is 0.406 e. The van der Waals surface area contributed by atoms with Crippen LogP contribution in [0.25, 0.3) is 66.3 Å². The standard InChI is InChI=1S/2C26H30F3N7O4.C25H29F3N8O4/c2*1-35(11-19-21(37)22(38)25(39-19)36-7-6-16-23(30)31-12-32-24(16)36)14-8-13(9-14)2-5-20-33-17-4-3-15(10-18(17)34-20)40-26(27,28)29;1-35(9-17-20(37)21(38)24(39-17)36-11-32-19-22(29)30-10-31-23(19)36)13-6-12(7-13)2-5-18-33-15-4-3-14(8-16(15)34-18)40-25(26,27)28/h2*3-4,6-7,10,12-14,19,21-22,25,37-38H,2,5,8-9,11H2,1H3,(H,33,34)(H2,30,31,32);3-4,8,10-13,17,20-21,24,37-38H,2,5-7,9H2,1H3,(H,33,34)(H2,29,30,31)/t2*13?,14?,19-,21-,22-,25-;12?,13?,17-,20-,21-,24-/m111/s1. The molecule has 12 atom stereocenters. The lowest BCUT2D eigenvalue weighted by Gasteiger charge is -2.42. The second-order valence-electron chi connectivity index (χ2n) is 31.8. The van der Waals surface area contributed by atoms with Crippen molar-refractivity contribution in [3.8, 4) is 17.2 Å². The molecule has 3 aromatic carbocycles. The van der Waals surface area contributed by atoms with Crippen LogP contribution < -0.4 is 31.4 Å². The lowest BCUT2D eigenvalue weighted by atomic mass is 9.76. The van der Waals surface area contributed by atoms with Crippen LogP contribution in [0.5, 0.6) is 17.2 Å². The highest BCUT2D eigenvalue weighted by atomic mass is 19.4. The number of halogens is 9. The highest BCUT2D eigenvalue weighted by Gasteiger charge is 2.50. The third-order valence-corrected chi connectivity index (χ3v) is 23.8. The van der Waals surface area contributed by atoms with E-state index in [1.807, 2.05) is 21.1 Å². The average Bonchev–Trinajstić information content (AvgIpc) is 1.63. The lowest BCUT2D eigenvalue weighted by Crippen LogP contribution is -2.47. The maximum atomic E-state index is 12.5. The number of likely N-dealkylation sites (N-methyl/N-ethyl adjacent to an activating group) is 3. The van der Waals surface area contributed by atoms with Gasteiger partial charge in [-0.1, -0.05) is 0 Å². The number of rotatable bonds is 24. The number of hydrogen-bond acceptors (Lipinski definition) is 28. The average molecular weight is 1690 g/mol. The van der Waals surface area contributed by atoms with Crippen molar-refractivity contribution < 1.29 is 98.6 Å². The molecule has 0 amide bonds. The Labute approximate surface area is 675 Å². The SMILES string of the molecule is CN(C[C@H]1O[C@@H](n2ccc3c(N)ncnc32)[C@H](O)[C@@H]1O)C1CC(CCc2nc3ccc(OC(F)(F)F)cc3[nH]2)C1.CN(C[C@H]1O[C@@H](n2ccc3c(N)ncnc32)[C@H](O)[C@@H]1O)C1CC(CCc2nc3ccc(OC(F)(F)F)cc3[nH]2)C1.CN(C[C@H]1O[C@@H](n2cnc3c(N)ncnc32)[C@H](O)[C@@H]1O)C1CC(CCc2nc3ccc(OC(F)(F)F)cc3[nH]2)C1. The normalized spacial score (nSPS) is 27.1. The van der Waals surface area contributed by atoms with Gasteiger partial charge in [0.05, 0.1) is 50.2 Å². The number of nitrogen functional groups attached to an aromatic ring is 3. The number of aliphatic hydroxyl groups excluding tert-OH is 6. The van der Waals surface area contributed by atoms with Gasteiger partial charge in [0, 0.05) is 87.6 Å². The number of nitrogens with two attached hydrogens (primary N) is 3. The van der Waals surface area contributed by atoms with Gasteiger partial charge in [-0.05, 0) is 145 Å². The summed E-state index contributed by atoms with van der Waals surface area (Å²) >= 11 is 0. The Hall–Kier alpha value is -10.5. The first-order valence-corrected chi connectivity index (χ1v) is 39.1. The molecule has 0 radical (unpaired) electrons. The number of hydrogen-bond donors (Lipinski definition) is 12. The summed E-state index contributed by atoms with van der Waals surface area (Å²) in [6.07, 6.45) is -5.67. The molecule has 12 heterocycles. The Bertz CT molecular complexity index is 5040. The van der Waals surface area contributed by atoms with Crippen LogP contribution in [0.2, 0.25) is 0 Å². The molecule has 3 aliphatic carbocycles. The number of H-pyrrole nitrogens is 3. The monoisotopic (exact) mass is 1680 g/mol. The Morgan fingerprint density at radius 2 is 0.733 bits per heavy atom. The Kier molecular flexibility index (Phi) is 23.2. The van der Waals surface area contributed by atoms with Gasteiger partial charge in [-0.25, -0.2) is 49.8 Å². The molecule has 15 N–H and O–H groups in total. The molecule has 3 aliphatic heterocycles. The van der Waals surface area contributed by atoms with Crippen molar-refractivity contribution in [3.05, 3.63) is 122 Å². The molecule has 12 aromatic rings. The van der Waals surface area contributed by atoms with Gasteiger partial charge >= 0.3 is 19.1 Å². The van der Waals surface area contributed by atoms with E-state index < -0.39 is 92.7 Å². The van der Waals surface area contributed by atoms with Gasteiger partial charge in [0.2, 0.25) is 0 Å². The molecule has 3 saturated carbocycles. The van der Waals surface area contributed by atoms with Crippen LogP contribution in [0.4, 0.5) is 57.0 Å². The fraction of sp³-hybridized carbons (Fsp3) is 0.506. The summed E-state index contributed by atoms with van der Waals surface area (Å²) in [6, 6.07) is 16.6. The van der Waals surface area contributed by atoms with E-state index in [0.29, 0.717) is 153 Å². The van der Waals surface area contributed by atoms with E-state index in [1.54, 1.807) is 38.2 Å². The number of anilines is 3. The molecule has 0 spiro atoms. The van der Waals surface area contributed by atoms with Gasteiger partial charge in [0.25, 0.3) is 0 Å². The first kappa shape index (κ1) is 83.2. The zero-order valence-corrected chi connectivity index (χ0v) is 64.7. The second-order valence-corrected chi connectivity index (χ2v) is 31.8. The van der Waals surface area contributed by atoms with E-state index in [2.05, 4.69) is 93.7 Å². The minimum Gasteiger partial charge on any atom is -0.406 e. The maximum Gasteiger partial charge on any atom is 0.573 e. The molecule has 43 heteroatoms. The lowest BCUT2D eigenvalue weighted by molar-refractivity contribution is -0.275. The number of nitrogens with zero attached hydrogens (tertiary/aromatic N) is 16. The van der Waals surface area contributed by atoms with Crippen molar-refractivity contribution in [2.45, 2.75) is 188 Å². The van der Waals surface area contributed by atoms with Crippen LogP contribution in [0.15, 0.2) is 104 Å². The number of imidazole rings is 4. The van der Waals surface area contributed by atoms with Crippen LogP contribution in [0.1, 0.15) is 93.9 Å². The van der Waals surface area contributed by atoms with Gasteiger partial charge in [-0.15, -0.1) is 39.5 Å². The number of aromatic nitrogens is 16. The minimum absolute atomic E-state index is 0.220. The van der Waals surface area contributed by atoms with Gasteiger partial charge in [0.1, 0.15) is 137 Å². The van der Waals surface area contributed by atoms with Crippen molar-refractivity contribution in [1.29, 1.82) is 0 Å². The molecule has 642 valence electrons. The zero-order chi connectivity index (χ0) is 84.5. The number of aromatic amines is 3. The second kappa shape index (κ2) is 33.5. The summed E-state index contributed by atoms with van der Waals surface area (Å²) in [4.78, 5) is 57.9. The summed E-state index contributed by atoms with van der Waals surface area (Å²) in [5.74, 6) is 3.64. The fourth-order valence-electron chi connectivity index (χ4n) is 17.1.